The number of halogens is 1. The van der Waals surface area contributed by atoms with Crippen LogP contribution in [0.4, 0.5) is 0 Å². The largest absolute Gasteiger partial charge is 0.417 e. The predicted octanol–water partition coefficient (Wildman–Crippen LogP) is 3.83. The summed E-state index contributed by atoms with van der Waals surface area (Å²) in [4.78, 5) is 30.5. The second kappa shape index (κ2) is 6.78. The lowest BCUT2D eigenvalue weighted by atomic mass is 10.1. The van der Waals surface area contributed by atoms with E-state index in [1.54, 1.807) is 36.4 Å². The van der Waals surface area contributed by atoms with Crippen LogP contribution < -0.4 is 11.1 Å². The molecular formula is C18H12ClN3O3S. The molecular weight excluding hydrogens is 374 g/mol. The minimum Gasteiger partial charge on any atom is -0.408 e. The number of fused-ring (bicyclic) bond motifs is 1. The lowest BCUT2D eigenvalue weighted by molar-refractivity contribution is 0.0951. The number of benzene rings is 2. The van der Waals surface area contributed by atoms with Crippen molar-refractivity contribution in [3.05, 3.63) is 74.0 Å². The molecule has 0 fully saturated rings. The zero-order valence-electron chi connectivity index (χ0n) is 13.3. The molecule has 6 nitrogen and oxygen atoms in total. The summed E-state index contributed by atoms with van der Waals surface area (Å²) in [5.74, 6) is -0.671. The maximum atomic E-state index is 12.1. The summed E-state index contributed by atoms with van der Waals surface area (Å²) in [6.45, 7) is 0.327. The number of rotatable bonds is 4. The number of thiazole rings is 1. The van der Waals surface area contributed by atoms with Gasteiger partial charge in [-0.15, -0.1) is 11.3 Å². The molecule has 0 aliphatic carbocycles. The van der Waals surface area contributed by atoms with Gasteiger partial charge in [0.2, 0.25) is 0 Å². The maximum Gasteiger partial charge on any atom is 0.417 e. The van der Waals surface area contributed by atoms with Crippen LogP contribution in [-0.2, 0) is 6.54 Å². The van der Waals surface area contributed by atoms with Crippen LogP contribution in [0.25, 0.3) is 22.4 Å². The van der Waals surface area contributed by atoms with E-state index in [9.17, 15) is 9.59 Å². The van der Waals surface area contributed by atoms with Crippen LogP contribution in [0.3, 0.4) is 0 Å². The van der Waals surface area contributed by atoms with E-state index in [1.165, 1.54) is 11.3 Å². The molecule has 2 heterocycles. The van der Waals surface area contributed by atoms with Crippen molar-refractivity contribution in [1.82, 2.24) is 15.3 Å². The first-order valence-electron chi connectivity index (χ1n) is 7.70. The van der Waals surface area contributed by atoms with Gasteiger partial charge < -0.3 is 9.73 Å². The molecule has 4 rings (SSSR count). The van der Waals surface area contributed by atoms with Crippen LogP contribution in [0.1, 0.15) is 15.4 Å². The van der Waals surface area contributed by atoms with E-state index in [4.69, 9.17) is 16.0 Å². The zero-order valence-corrected chi connectivity index (χ0v) is 14.9. The van der Waals surface area contributed by atoms with Crippen molar-refractivity contribution in [2.75, 3.05) is 0 Å². The number of nitrogens with zero attached hydrogens (tertiary/aromatic N) is 1. The Morgan fingerprint density at radius 2 is 2.04 bits per heavy atom. The molecule has 2 aromatic heterocycles. The Labute approximate surface area is 156 Å². The molecule has 0 aliphatic rings. The molecule has 8 heteroatoms. The summed E-state index contributed by atoms with van der Waals surface area (Å²) >= 11 is 7.27. The number of aromatic amines is 1. The standard InChI is InChI=1S/C18H12ClN3O3S/c19-12-4-1-10(2-5-12)17(23)20-8-16-21-14(9-26-16)11-3-6-13-15(7-11)25-18(24)22-13/h1-7,9H,8H2,(H,20,23)(H,22,24). The molecule has 0 unspecified atom stereocenters. The molecule has 2 aromatic carbocycles. The Hall–Kier alpha value is -2.90. The van der Waals surface area contributed by atoms with Gasteiger partial charge in [-0.2, -0.15) is 0 Å². The van der Waals surface area contributed by atoms with Crippen molar-refractivity contribution in [2.24, 2.45) is 0 Å². The van der Waals surface area contributed by atoms with Crippen LogP contribution in [-0.4, -0.2) is 15.9 Å². The number of nitrogens with one attached hydrogen (secondary N) is 2. The van der Waals surface area contributed by atoms with Crippen LogP contribution in [0.5, 0.6) is 0 Å². The van der Waals surface area contributed by atoms with Gasteiger partial charge in [0, 0.05) is 21.5 Å². The lowest BCUT2D eigenvalue weighted by Gasteiger charge is -2.03. The van der Waals surface area contributed by atoms with Crippen LogP contribution >= 0.6 is 22.9 Å². The molecule has 0 saturated heterocycles. The molecule has 0 bridgehead atoms. The Morgan fingerprint density at radius 3 is 2.85 bits per heavy atom. The number of H-pyrrole nitrogens is 1. The summed E-state index contributed by atoms with van der Waals surface area (Å²) in [5, 5.41) is 6.09. The van der Waals surface area contributed by atoms with Crippen LogP contribution in [0, 0.1) is 0 Å². The average Bonchev–Trinajstić information content (AvgIpc) is 3.25. The summed E-state index contributed by atoms with van der Waals surface area (Å²) in [5.41, 5.74) is 3.27. The fourth-order valence-electron chi connectivity index (χ4n) is 2.49. The van der Waals surface area contributed by atoms with Crippen molar-refractivity contribution < 1.29 is 9.21 Å². The van der Waals surface area contributed by atoms with Gasteiger partial charge >= 0.3 is 5.76 Å². The first-order chi connectivity index (χ1) is 12.6. The SMILES string of the molecule is O=C(NCc1nc(-c2ccc3[nH]c(=O)oc3c2)cs1)c1ccc(Cl)cc1. The molecule has 4 aromatic rings. The van der Waals surface area contributed by atoms with Crippen LogP contribution in [0.15, 0.2) is 57.1 Å². The second-order valence-corrected chi connectivity index (χ2v) is 6.92. The number of amides is 1. The third-order valence-corrected chi connectivity index (χ3v) is 4.88. The molecule has 0 radical (unpaired) electrons. The van der Waals surface area contributed by atoms with E-state index in [0.717, 1.165) is 16.3 Å². The van der Waals surface area contributed by atoms with Gasteiger partial charge in [0.1, 0.15) is 5.01 Å². The fourth-order valence-corrected chi connectivity index (χ4v) is 3.36. The first kappa shape index (κ1) is 16.6. The number of aromatic nitrogens is 2. The van der Waals surface area contributed by atoms with Crippen molar-refractivity contribution in [2.45, 2.75) is 6.54 Å². The van der Waals surface area contributed by atoms with E-state index in [-0.39, 0.29) is 5.91 Å². The van der Waals surface area contributed by atoms with Crippen LogP contribution in [0.2, 0.25) is 5.02 Å². The summed E-state index contributed by atoms with van der Waals surface area (Å²) < 4.78 is 5.07. The third kappa shape index (κ3) is 3.40. The molecule has 2 N–H and O–H groups in total. The average molecular weight is 386 g/mol. The van der Waals surface area contributed by atoms with Crippen molar-refractivity contribution in [1.29, 1.82) is 0 Å². The molecule has 0 spiro atoms. The Bertz CT molecular complexity index is 1140. The van der Waals surface area contributed by atoms with E-state index < -0.39 is 5.76 Å². The molecule has 0 atom stereocenters. The monoisotopic (exact) mass is 385 g/mol. The summed E-state index contributed by atoms with van der Waals surface area (Å²) in [6.07, 6.45) is 0. The first-order valence-corrected chi connectivity index (χ1v) is 8.96. The zero-order chi connectivity index (χ0) is 18.1. The minimum atomic E-state index is -0.485. The second-order valence-electron chi connectivity index (χ2n) is 5.54. The predicted molar refractivity (Wildman–Crippen MR) is 101 cm³/mol. The van der Waals surface area contributed by atoms with Gasteiger partial charge in [-0.05, 0) is 36.4 Å². The summed E-state index contributed by atoms with van der Waals surface area (Å²) in [6, 6.07) is 12.1. The highest BCUT2D eigenvalue weighted by molar-refractivity contribution is 7.09. The minimum absolute atomic E-state index is 0.186. The van der Waals surface area contributed by atoms with Gasteiger partial charge in [-0.25, -0.2) is 9.78 Å². The number of carbonyl (C=O) groups excluding carboxylic acids is 1. The van der Waals surface area contributed by atoms with Gasteiger partial charge in [0.15, 0.2) is 5.58 Å². The van der Waals surface area contributed by atoms with Crippen molar-refractivity contribution in [3.63, 3.8) is 0 Å². The normalized spacial score (nSPS) is 11.0. The highest BCUT2D eigenvalue weighted by Crippen LogP contribution is 2.25. The van der Waals surface area contributed by atoms with Crippen molar-refractivity contribution >= 4 is 39.9 Å². The molecule has 130 valence electrons. The van der Waals surface area contributed by atoms with E-state index in [2.05, 4.69) is 15.3 Å². The van der Waals surface area contributed by atoms with Gasteiger partial charge in [0.05, 0.1) is 17.8 Å². The third-order valence-electron chi connectivity index (χ3n) is 3.78. The Balaban J connectivity index is 1.47. The number of carbonyl (C=O) groups is 1. The number of oxazole rings is 1. The van der Waals surface area contributed by atoms with Gasteiger partial charge in [0.25, 0.3) is 5.91 Å². The molecule has 0 saturated carbocycles. The lowest BCUT2D eigenvalue weighted by Crippen LogP contribution is -2.22. The highest BCUT2D eigenvalue weighted by atomic mass is 35.5. The van der Waals surface area contributed by atoms with E-state index in [1.807, 2.05) is 11.4 Å². The topological polar surface area (TPSA) is 88.0 Å². The van der Waals surface area contributed by atoms with Gasteiger partial charge in [-0.1, -0.05) is 17.7 Å². The van der Waals surface area contributed by atoms with Gasteiger partial charge in [-0.3, -0.25) is 9.78 Å². The maximum absolute atomic E-state index is 12.1. The Morgan fingerprint density at radius 1 is 1.23 bits per heavy atom. The quantitative estimate of drug-likeness (QED) is 0.558. The summed E-state index contributed by atoms with van der Waals surface area (Å²) in [7, 11) is 0. The number of hydrogen-bond donors (Lipinski definition) is 2. The van der Waals surface area contributed by atoms with Crippen molar-refractivity contribution in [3.8, 4) is 11.3 Å². The smallest absolute Gasteiger partial charge is 0.408 e. The fraction of sp³-hybridized carbons (Fsp3) is 0.0556. The molecule has 1 amide bonds. The molecule has 26 heavy (non-hydrogen) atoms. The molecule has 0 aliphatic heterocycles. The number of hydrogen-bond acceptors (Lipinski definition) is 5. The Kier molecular flexibility index (Phi) is 4.32. The highest BCUT2D eigenvalue weighted by Gasteiger charge is 2.10. The van der Waals surface area contributed by atoms with E-state index >= 15 is 0 Å². The van der Waals surface area contributed by atoms with E-state index in [0.29, 0.717) is 28.2 Å².